The summed E-state index contributed by atoms with van der Waals surface area (Å²) in [6.07, 6.45) is 7.07. The SMILES string of the molecule is CCC(CSC)NC(=O)N1CCCC1Cn1cnc2ccccc21. The summed E-state index contributed by atoms with van der Waals surface area (Å²) in [5.41, 5.74) is 2.15. The molecular formula is C18H26N4OS. The number of imidazole rings is 1. The van der Waals surface area contributed by atoms with Gasteiger partial charge in [-0.1, -0.05) is 19.1 Å². The fraction of sp³-hybridized carbons (Fsp3) is 0.556. The van der Waals surface area contributed by atoms with Crippen molar-refractivity contribution in [2.24, 2.45) is 0 Å². The lowest BCUT2D eigenvalue weighted by molar-refractivity contribution is 0.184. The molecule has 5 nitrogen and oxygen atoms in total. The molecule has 24 heavy (non-hydrogen) atoms. The summed E-state index contributed by atoms with van der Waals surface area (Å²) in [6.45, 7) is 3.78. The van der Waals surface area contributed by atoms with Crippen LogP contribution in [0, 0.1) is 0 Å². The summed E-state index contributed by atoms with van der Waals surface area (Å²) in [5.74, 6) is 0.965. The first-order chi connectivity index (χ1) is 11.7. The quantitative estimate of drug-likeness (QED) is 0.873. The number of fused-ring (bicyclic) bond motifs is 1. The maximum atomic E-state index is 12.7. The van der Waals surface area contributed by atoms with Gasteiger partial charge >= 0.3 is 6.03 Å². The summed E-state index contributed by atoms with van der Waals surface area (Å²) in [5, 5.41) is 3.20. The van der Waals surface area contributed by atoms with Crippen molar-refractivity contribution in [3.05, 3.63) is 30.6 Å². The summed E-state index contributed by atoms with van der Waals surface area (Å²) in [4.78, 5) is 19.1. The molecule has 0 radical (unpaired) electrons. The molecule has 0 saturated carbocycles. The number of urea groups is 1. The van der Waals surface area contributed by atoms with E-state index in [1.165, 1.54) is 0 Å². The van der Waals surface area contributed by atoms with Crippen LogP contribution in [-0.4, -0.2) is 51.1 Å². The molecule has 1 saturated heterocycles. The predicted octanol–water partition coefficient (Wildman–Crippen LogP) is 3.35. The summed E-state index contributed by atoms with van der Waals surface area (Å²) < 4.78 is 2.17. The molecule has 2 atom stereocenters. The van der Waals surface area contributed by atoms with Crippen LogP contribution in [0.4, 0.5) is 4.79 Å². The largest absolute Gasteiger partial charge is 0.334 e. The zero-order valence-electron chi connectivity index (χ0n) is 14.4. The van der Waals surface area contributed by atoms with Crippen molar-refractivity contribution in [1.29, 1.82) is 0 Å². The number of hydrogen-bond donors (Lipinski definition) is 1. The van der Waals surface area contributed by atoms with Gasteiger partial charge in [-0.3, -0.25) is 0 Å². The highest BCUT2D eigenvalue weighted by molar-refractivity contribution is 7.98. The van der Waals surface area contributed by atoms with Gasteiger partial charge in [-0.25, -0.2) is 9.78 Å². The van der Waals surface area contributed by atoms with Gasteiger partial charge in [-0.05, 0) is 37.7 Å². The van der Waals surface area contributed by atoms with Crippen molar-refractivity contribution in [2.45, 2.75) is 44.8 Å². The molecule has 0 spiro atoms. The molecule has 2 unspecified atom stereocenters. The second-order valence-corrected chi connectivity index (χ2v) is 7.30. The number of nitrogens with one attached hydrogen (secondary N) is 1. The van der Waals surface area contributed by atoms with E-state index in [2.05, 4.69) is 34.1 Å². The van der Waals surface area contributed by atoms with E-state index in [0.717, 1.165) is 49.1 Å². The second-order valence-electron chi connectivity index (χ2n) is 6.39. The predicted molar refractivity (Wildman–Crippen MR) is 100 cm³/mol. The average molecular weight is 346 g/mol. The fourth-order valence-corrected chi connectivity index (χ4v) is 4.12. The minimum absolute atomic E-state index is 0.0859. The first-order valence-electron chi connectivity index (χ1n) is 8.69. The molecule has 1 aliphatic rings. The standard InChI is InChI=1S/C18H26N4OS/c1-3-14(12-24-2)20-18(23)22-10-6-7-15(22)11-21-13-19-16-8-4-5-9-17(16)21/h4-5,8-9,13-15H,3,6-7,10-12H2,1-2H3,(H,20,23). The molecule has 0 bridgehead atoms. The highest BCUT2D eigenvalue weighted by Gasteiger charge is 2.30. The lowest BCUT2D eigenvalue weighted by atomic mass is 10.2. The molecule has 130 valence electrons. The van der Waals surface area contributed by atoms with Gasteiger partial charge in [0, 0.05) is 24.9 Å². The molecule has 1 fully saturated rings. The van der Waals surface area contributed by atoms with Gasteiger partial charge in [0.05, 0.1) is 23.4 Å². The molecule has 3 rings (SSSR count). The Bertz CT molecular complexity index is 686. The van der Waals surface area contributed by atoms with Crippen LogP contribution in [0.25, 0.3) is 11.0 Å². The molecular weight excluding hydrogens is 320 g/mol. The maximum absolute atomic E-state index is 12.7. The number of amides is 2. The van der Waals surface area contributed by atoms with E-state index in [1.54, 1.807) is 11.8 Å². The Kier molecular flexibility index (Phi) is 5.66. The van der Waals surface area contributed by atoms with Crippen LogP contribution in [0.15, 0.2) is 30.6 Å². The molecule has 2 amide bonds. The Balaban J connectivity index is 1.68. The number of benzene rings is 1. The maximum Gasteiger partial charge on any atom is 0.317 e. The third-order valence-electron chi connectivity index (χ3n) is 4.76. The van der Waals surface area contributed by atoms with E-state index in [-0.39, 0.29) is 18.1 Å². The van der Waals surface area contributed by atoms with Crippen molar-refractivity contribution >= 4 is 28.8 Å². The van der Waals surface area contributed by atoms with Crippen LogP contribution in [0.2, 0.25) is 0 Å². The molecule has 2 heterocycles. The number of hydrogen-bond acceptors (Lipinski definition) is 3. The third-order valence-corrected chi connectivity index (χ3v) is 5.50. The van der Waals surface area contributed by atoms with Crippen molar-refractivity contribution in [1.82, 2.24) is 19.8 Å². The zero-order valence-corrected chi connectivity index (χ0v) is 15.3. The number of thioether (sulfide) groups is 1. The zero-order chi connectivity index (χ0) is 16.9. The Morgan fingerprint density at radius 3 is 3.08 bits per heavy atom. The lowest BCUT2D eigenvalue weighted by Gasteiger charge is -2.28. The Labute approximate surface area is 147 Å². The van der Waals surface area contributed by atoms with Gasteiger partial charge in [-0.15, -0.1) is 0 Å². The first-order valence-corrected chi connectivity index (χ1v) is 10.1. The summed E-state index contributed by atoms with van der Waals surface area (Å²) in [6, 6.07) is 8.74. The normalized spacial score (nSPS) is 18.9. The number of carbonyl (C=O) groups is 1. The van der Waals surface area contributed by atoms with Crippen LogP contribution in [0.3, 0.4) is 0 Å². The van der Waals surface area contributed by atoms with E-state index in [0.29, 0.717) is 0 Å². The van der Waals surface area contributed by atoms with E-state index >= 15 is 0 Å². The molecule has 6 heteroatoms. The number of aromatic nitrogens is 2. The Hall–Kier alpha value is -1.69. The first kappa shape index (κ1) is 17.1. The van der Waals surface area contributed by atoms with Crippen LogP contribution in [0.5, 0.6) is 0 Å². The molecule has 0 aliphatic carbocycles. The monoisotopic (exact) mass is 346 g/mol. The Morgan fingerprint density at radius 1 is 1.46 bits per heavy atom. The van der Waals surface area contributed by atoms with E-state index < -0.39 is 0 Å². The van der Waals surface area contributed by atoms with Gasteiger partial charge in [0.15, 0.2) is 0 Å². The van der Waals surface area contributed by atoms with Crippen LogP contribution < -0.4 is 5.32 Å². The third kappa shape index (κ3) is 3.69. The van der Waals surface area contributed by atoms with Crippen molar-refractivity contribution < 1.29 is 4.79 Å². The van der Waals surface area contributed by atoms with Gasteiger partial charge in [-0.2, -0.15) is 11.8 Å². The van der Waals surface area contributed by atoms with Gasteiger partial charge < -0.3 is 14.8 Å². The molecule has 1 aromatic heterocycles. The smallest absolute Gasteiger partial charge is 0.317 e. The molecule has 1 aliphatic heterocycles. The minimum atomic E-state index is 0.0859. The lowest BCUT2D eigenvalue weighted by Crippen LogP contribution is -2.48. The number of rotatable bonds is 6. The number of likely N-dealkylation sites (tertiary alicyclic amines) is 1. The van der Waals surface area contributed by atoms with Crippen molar-refractivity contribution in [3.8, 4) is 0 Å². The molecule has 1 aromatic carbocycles. The van der Waals surface area contributed by atoms with Crippen LogP contribution >= 0.6 is 11.8 Å². The second kappa shape index (κ2) is 7.92. The number of para-hydroxylation sites is 2. The number of nitrogens with zero attached hydrogens (tertiary/aromatic N) is 3. The fourth-order valence-electron chi connectivity index (χ4n) is 3.40. The van der Waals surface area contributed by atoms with E-state index in [9.17, 15) is 4.79 Å². The minimum Gasteiger partial charge on any atom is -0.334 e. The van der Waals surface area contributed by atoms with Crippen molar-refractivity contribution in [3.63, 3.8) is 0 Å². The summed E-state index contributed by atoms with van der Waals surface area (Å²) >= 11 is 1.78. The van der Waals surface area contributed by atoms with Crippen molar-refractivity contribution in [2.75, 3.05) is 18.6 Å². The van der Waals surface area contributed by atoms with Gasteiger partial charge in [0.2, 0.25) is 0 Å². The van der Waals surface area contributed by atoms with Gasteiger partial charge in [0.25, 0.3) is 0 Å². The Morgan fingerprint density at radius 2 is 2.29 bits per heavy atom. The molecule has 2 aromatic rings. The van der Waals surface area contributed by atoms with Crippen LogP contribution in [0.1, 0.15) is 26.2 Å². The topological polar surface area (TPSA) is 50.2 Å². The number of carbonyl (C=O) groups excluding carboxylic acids is 1. The van der Waals surface area contributed by atoms with E-state index in [4.69, 9.17) is 0 Å². The summed E-state index contributed by atoms with van der Waals surface area (Å²) in [7, 11) is 0. The van der Waals surface area contributed by atoms with E-state index in [1.807, 2.05) is 29.4 Å². The molecule has 1 N–H and O–H groups in total. The van der Waals surface area contributed by atoms with Gasteiger partial charge in [0.1, 0.15) is 0 Å². The highest BCUT2D eigenvalue weighted by Crippen LogP contribution is 2.21. The highest BCUT2D eigenvalue weighted by atomic mass is 32.2. The van der Waals surface area contributed by atoms with Crippen LogP contribution in [-0.2, 0) is 6.54 Å². The average Bonchev–Trinajstić information content (AvgIpc) is 3.22.